The molecule has 0 aliphatic heterocycles. The Hall–Kier alpha value is -1.71. The SMILES string of the molecule is CCCCNC(=NCc1ccc(N(C)C)cc1C)NCC. The van der Waals surface area contributed by atoms with Gasteiger partial charge in [-0.25, -0.2) is 4.99 Å². The second kappa shape index (κ2) is 9.27. The van der Waals surface area contributed by atoms with Gasteiger partial charge in [-0.2, -0.15) is 0 Å². The van der Waals surface area contributed by atoms with Crippen molar-refractivity contribution in [1.82, 2.24) is 10.6 Å². The molecule has 4 heteroatoms. The predicted molar refractivity (Wildman–Crippen MR) is 93.2 cm³/mol. The lowest BCUT2D eigenvalue weighted by Crippen LogP contribution is -2.37. The van der Waals surface area contributed by atoms with Gasteiger partial charge in [0.1, 0.15) is 0 Å². The summed E-state index contributed by atoms with van der Waals surface area (Å²) in [6, 6.07) is 6.53. The van der Waals surface area contributed by atoms with Gasteiger partial charge < -0.3 is 15.5 Å². The normalized spacial score (nSPS) is 11.4. The standard InChI is InChI=1S/C17H30N4/c1-6-8-11-19-17(18-7-2)20-13-15-9-10-16(21(4)5)12-14(15)3/h9-10,12H,6-8,11,13H2,1-5H3,(H2,18,19,20). The lowest BCUT2D eigenvalue weighted by Gasteiger charge is -2.15. The maximum Gasteiger partial charge on any atom is 0.191 e. The zero-order valence-corrected chi connectivity index (χ0v) is 14.2. The minimum absolute atomic E-state index is 0.709. The highest BCUT2D eigenvalue weighted by molar-refractivity contribution is 5.79. The molecule has 0 spiro atoms. The molecule has 1 aromatic carbocycles. The number of unbranched alkanes of at least 4 members (excludes halogenated alkanes) is 1. The van der Waals surface area contributed by atoms with Crippen LogP contribution in [0.5, 0.6) is 0 Å². The van der Waals surface area contributed by atoms with E-state index in [0.717, 1.165) is 19.0 Å². The van der Waals surface area contributed by atoms with Gasteiger partial charge in [0.15, 0.2) is 5.96 Å². The van der Waals surface area contributed by atoms with Gasteiger partial charge in [-0.05, 0) is 43.5 Å². The molecular formula is C17H30N4. The molecular weight excluding hydrogens is 260 g/mol. The van der Waals surface area contributed by atoms with Gasteiger partial charge in [-0.3, -0.25) is 0 Å². The summed E-state index contributed by atoms with van der Waals surface area (Å²) in [5.41, 5.74) is 3.79. The second-order valence-electron chi connectivity index (χ2n) is 5.48. The summed E-state index contributed by atoms with van der Waals surface area (Å²) in [4.78, 5) is 6.79. The minimum atomic E-state index is 0.709. The van der Waals surface area contributed by atoms with E-state index in [1.807, 2.05) is 0 Å². The molecule has 0 bridgehead atoms. The fourth-order valence-electron chi connectivity index (χ4n) is 2.03. The van der Waals surface area contributed by atoms with Gasteiger partial charge in [0.2, 0.25) is 0 Å². The fourth-order valence-corrected chi connectivity index (χ4v) is 2.03. The lowest BCUT2D eigenvalue weighted by atomic mass is 10.1. The molecule has 0 aromatic heterocycles. The van der Waals surface area contributed by atoms with Gasteiger partial charge in [-0.15, -0.1) is 0 Å². The first kappa shape index (κ1) is 17.3. The summed E-state index contributed by atoms with van der Waals surface area (Å²) in [5, 5.41) is 6.66. The Balaban J connectivity index is 2.70. The number of anilines is 1. The third kappa shape index (κ3) is 6.06. The second-order valence-corrected chi connectivity index (χ2v) is 5.48. The first-order chi connectivity index (χ1) is 10.1. The van der Waals surface area contributed by atoms with Gasteiger partial charge in [0, 0.05) is 32.9 Å². The molecule has 2 N–H and O–H groups in total. The van der Waals surface area contributed by atoms with Crippen LogP contribution < -0.4 is 15.5 Å². The molecule has 0 atom stereocenters. The lowest BCUT2D eigenvalue weighted by molar-refractivity contribution is 0.730. The Morgan fingerprint density at radius 1 is 1.19 bits per heavy atom. The van der Waals surface area contributed by atoms with E-state index in [-0.39, 0.29) is 0 Å². The number of guanidine groups is 1. The third-order valence-corrected chi connectivity index (χ3v) is 3.42. The first-order valence-electron chi connectivity index (χ1n) is 7.87. The number of nitrogens with zero attached hydrogens (tertiary/aromatic N) is 2. The summed E-state index contributed by atoms with van der Waals surface area (Å²) < 4.78 is 0. The minimum Gasteiger partial charge on any atom is -0.378 e. The molecule has 0 amide bonds. The van der Waals surface area contributed by atoms with E-state index in [4.69, 9.17) is 0 Å². The number of hydrogen-bond acceptors (Lipinski definition) is 2. The monoisotopic (exact) mass is 290 g/mol. The van der Waals surface area contributed by atoms with E-state index >= 15 is 0 Å². The molecule has 0 aliphatic carbocycles. The van der Waals surface area contributed by atoms with Crippen LogP contribution in [0.1, 0.15) is 37.8 Å². The summed E-state index contributed by atoms with van der Waals surface area (Å²) in [6.45, 7) is 9.00. The third-order valence-electron chi connectivity index (χ3n) is 3.42. The molecule has 21 heavy (non-hydrogen) atoms. The number of aliphatic imine (C=N–C) groups is 1. The van der Waals surface area contributed by atoms with E-state index in [1.165, 1.54) is 29.7 Å². The van der Waals surface area contributed by atoms with E-state index in [9.17, 15) is 0 Å². The quantitative estimate of drug-likeness (QED) is 0.461. The Labute approximate surface area is 129 Å². The first-order valence-corrected chi connectivity index (χ1v) is 7.87. The number of aryl methyl sites for hydroxylation is 1. The molecule has 0 saturated carbocycles. The number of benzene rings is 1. The summed E-state index contributed by atoms with van der Waals surface area (Å²) in [5.74, 6) is 0.905. The van der Waals surface area contributed by atoms with Gasteiger partial charge in [0.25, 0.3) is 0 Å². The smallest absolute Gasteiger partial charge is 0.191 e. The van der Waals surface area contributed by atoms with Crippen molar-refractivity contribution in [3.8, 4) is 0 Å². The fraction of sp³-hybridized carbons (Fsp3) is 0.588. The number of hydrogen-bond donors (Lipinski definition) is 2. The highest BCUT2D eigenvalue weighted by Crippen LogP contribution is 2.17. The average molecular weight is 290 g/mol. The van der Waals surface area contributed by atoms with Crippen molar-refractivity contribution in [2.75, 3.05) is 32.1 Å². The maximum atomic E-state index is 4.67. The van der Waals surface area contributed by atoms with Crippen LogP contribution in [0, 0.1) is 6.92 Å². The van der Waals surface area contributed by atoms with Crippen molar-refractivity contribution >= 4 is 11.6 Å². The van der Waals surface area contributed by atoms with Crippen LogP contribution in [0.2, 0.25) is 0 Å². The molecule has 118 valence electrons. The van der Waals surface area contributed by atoms with Crippen molar-refractivity contribution < 1.29 is 0 Å². The summed E-state index contributed by atoms with van der Waals surface area (Å²) in [7, 11) is 4.13. The average Bonchev–Trinajstić information content (AvgIpc) is 2.45. The van der Waals surface area contributed by atoms with Crippen molar-refractivity contribution in [2.24, 2.45) is 4.99 Å². The van der Waals surface area contributed by atoms with Crippen LogP contribution in [0.25, 0.3) is 0 Å². The Bertz CT molecular complexity index is 452. The Morgan fingerprint density at radius 2 is 1.95 bits per heavy atom. The molecule has 1 rings (SSSR count). The Morgan fingerprint density at radius 3 is 2.52 bits per heavy atom. The van der Waals surface area contributed by atoms with Crippen molar-refractivity contribution in [2.45, 2.75) is 40.2 Å². The topological polar surface area (TPSA) is 39.7 Å². The van der Waals surface area contributed by atoms with Crippen LogP contribution >= 0.6 is 0 Å². The van der Waals surface area contributed by atoms with Gasteiger partial charge in [-0.1, -0.05) is 19.4 Å². The van der Waals surface area contributed by atoms with Crippen LogP contribution in [0.15, 0.2) is 23.2 Å². The highest BCUT2D eigenvalue weighted by atomic mass is 15.2. The van der Waals surface area contributed by atoms with Crippen LogP contribution in [-0.2, 0) is 6.54 Å². The summed E-state index contributed by atoms with van der Waals surface area (Å²) in [6.07, 6.45) is 2.36. The molecule has 4 nitrogen and oxygen atoms in total. The molecule has 1 aromatic rings. The highest BCUT2D eigenvalue weighted by Gasteiger charge is 2.02. The molecule has 0 fully saturated rings. The Kier molecular flexibility index (Phi) is 7.65. The van der Waals surface area contributed by atoms with Gasteiger partial charge >= 0.3 is 0 Å². The van der Waals surface area contributed by atoms with E-state index < -0.39 is 0 Å². The van der Waals surface area contributed by atoms with Crippen molar-refractivity contribution in [3.63, 3.8) is 0 Å². The largest absolute Gasteiger partial charge is 0.378 e. The molecule has 0 aliphatic rings. The van der Waals surface area contributed by atoms with Gasteiger partial charge in [0.05, 0.1) is 6.54 Å². The number of rotatable bonds is 7. The zero-order valence-electron chi connectivity index (χ0n) is 14.2. The predicted octanol–water partition coefficient (Wildman–Crippen LogP) is 2.92. The molecule has 0 radical (unpaired) electrons. The molecule has 0 saturated heterocycles. The van der Waals surface area contributed by atoms with E-state index in [0.29, 0.717) is 6.54 Å². The van der Waals surface area contributed by atoms with Crippen LogP contribution in [0.3, 0.4) is 0 Å². The maximum absolute atomic E-state index is 4.67. The van der Waals surface area contributed by atoms with Crippen molar-refractivity contribution in [3.05, 3.63) is 29.3 Å². The van der Waals surface area contributed by atoms with Crippen molar-refractivity contribution in [1.29, 1.82) is 0 Å². The van der Waals surface area contributed by atoms with E-state index in [1.54, 1.807) is 0 Å². The zero-order chi connectivity index (χ0) is 15.7. The van der Waals surface area contributed by atoms with Crippen LogP contribution in [0.4, 0.5) is 5.69 Å². The molecule has 0 unspecified atom stereocenters. The number of nitrogens with one attached hydrogen (secondary N) is 2. The van der Waals surface area contributed by atoms with Crippen LogP contribution in [-0.4, -0.2) is 33.1 Å². The molecule has 0 heterocycles. The van der Waals surface area contributed by atoms with E-state index in [2.05, 4.69) is 73.6 Å². The summed E-state index contributed by atoms with van der Waals surface area (Å²) >= 11 is 0.